The van der Waals surface area contributed by atoms with E-state index in [1.54, 1.807) is 7.11 Å². The number of ether oxygens (including phenoxy) is 1. The Kier molecular flexibility index (Phi) is 6.18. The Balaban J connectivity index is 1.63. The lowest BCUT2D eigenvalue weighted by Crippen LogP contribution is -2.59. The fraction of sp³-hybridized carbons (Fsp3) is 0.727. The highest BCUT2D eigenvalue weighted by Crippen LogP contribution is 2.44. The molecule has 2 fully saturated rings. The minimum Gasteiger partial charge on any atom is -0.497 e. The maximum atomic E-state index is 13.5. The van der Waals surface area contributed by atoms with Gasteiger partial charge < -0.3 is 4.74 Å². The summed E-state index contributed by atoms with van der Waals surface area (Å²) in [5.74, 6) is 1.64. The van der Waals surface area contributed by atoms with Gasteiger partial charge >= 0.3 is 0 Å². The largest absolute Gasteiger partial charge is 0.497 e. The number of benzene rings is 1. The van der Waals surface area contributed by atoms with E-state index in [-0.39, 0.29) is 12.0 Å². The van der Waals surface area contributed by atoms with E-state index in [0.717, 1.165) is 44.5 Å². The van der Waals surface area contributed by atoms with Crippen LogP contribution in [0.25, 0.3) is 0 Å². The quantitative estimate of drug-likeness (QED) is 0.655. The third-order valence-electron chi connectivity index (χ3n) is 7.46. The predicted molar refractivity (Wildman–Crippen MR) is 117 cm³/mol. The fourth-order valence-corrected chi connectivity index (χ4v) is 7.97. The van der Waals surface area contributed by atoms with Gasteiger partial charge in [-0.25, -0.2) is 8.42 Å². The van der Waals surface area contributed by atoms with Crippen LogP contribution in [0.3, 0.4) is 0 Å². The first kappa shape index (κ1) is 21.4. The van der Waals surface area contributed by atoms with Crippen LogP contribution in [0.2, 0.25) is 0 Å². The molecule has 0 N–H and O–H groups in total. The molecule has 4 rings (SSSR count). The number of fused-ring (bicyclic) bond motifs is 4. The third kappa shape index (κ3) is 3.82. The molecule has 29 heavy (non-hydrogen) atoms. The van der Waals surface area contributed by atoms with Crippen molar-refractivity contribution >= 4 is 21.6 Å². The number of hydrogen-bond acceptors (Lipinski definition) is 4. The highest BCUT2D eigenvalue weighted by atomic mass is 35.5. The maximum absolute atomic E-state index is 13.5. The Morgan fingerprint density at radius 1 is 1.28 bits per heavy atom. The van der Waals surface area contributed by atoms with E-state index < -0.39 is 15.3 Å². The lowest BCUT2D eigenvalue weighted by Gasteiger charge is -2.52. The van der Waals surface area contributed by atoms with Crippen molar-refractivity contribution in [1.82, 2.24) is 9.21 Å². The molecule has 162 valence electrons. The van der Waals surface area contributed by atoms with Crippen LogP contribution in [0, 0.1) is 11.8 Å². The molecule has 2 saturated heterocycles. The summed E-state index contributed by atoms with van der Waals surface area (Å²) in [5, 5.41) is -0.445. The normalized spacial score (nSPS) is 30.0. The van der Waals surface area contributed by atoms with Gasteiger partial charge in [-0.15, -0.1) is 11.6 Å². The Morgan fingerprint density at radius 2 is 2.07 bits per heavy atom. The van der Waals surface area contributed by atoms with Gasteiger partial charge in [-0.2, -0.15) is 4.31 Å². The Morgan fingerprint density at radius 3 is 2.79 bits per heavy atom. The molecule has 2 unspecified atom stereocenters. The van der Waals surface area contributed by atoms with Crippen LogP contribution >= 0.6 is 11.6 Å². The van der Waals surface area contributed by atoms with Crippen LogP contribution in [-0.4, -0.2) is 61.5 Å². The minimum absolute atomic E-state index is 0.0509. The SMILES string of the molecule is COc1ccc2c(c1)CCN1C[C@H]3CCCN(S(=O)(=O)C(C)C(C)CCl)[C@H]3C[C@@H]21. The second kappa shape index (κ2) is 8.37. The number of rotatable bonds is 5. The van der Waals surface area contributed by atoms with Crippen molar-refractivity contribution < 1.29 is 13.2 Å². The molecule has 0 aromatic heterocycles. The Labute approximate surface area is 180 Å². The highest BCUT2D eigenvalue weighted by Gasteiger charge is 2.47. The molecule has 0 radical (unpaired) electrons. The predicted octanol–water partition coefficient (Wildman–Crippen LogP) is 3.67. The average molecular weight is 441 g/mol. The van der Waals surface area contributed by atoms with E-state index in [1.807, 2.05) is 24.2 Å². The van der Waals surface area contributed by atoms with Crippen molar-refractivity contribution in [3.05, 3.63) is 29.3 Å². The first-order valence-electron chi connectivity index (χ1n) is 10.8. The molecule has 5 nitrogen and oxygen atoms in total. The number of piperidine rings is 2. The first-order valence-corrected chi connectivity index (χ1v) is 12.9. The topological polar surface area (TPSA) is 49.9 Å². The van der Waals surface area contributed by atoms with Crippen molar-refractivity contribution in [2.45, 2.75) is 56.9 Å². The average Bonchev–Trinajstić information content (AvgIpc) is 2.75. The molecule has 0 amide bonds. The lowest BCUT2D eigenvalue weighted by molar-refractivity contribution is 0.0215. The van der Waals surface area contributed by atoms with Gasteiger partial charge in [0.05, 0.1) is 12.4 Å². The summed E-state index contributed by atoms with van der Waals surface area (Å²) < 4.78 is 34.2. The molecule has 7 heteroatoms. The van der Waals surface area contributed by atoms with E-state index in [0.29, 0.717) is 24.4 Å². The number of methoxy groups -OCH3 is 1. The molecule has 0 spiro atoms. The van der Waals surface area contributed by atoms with Gasteiger partial charge in [0.2, 0.25) is 10.0 Å². The highest BCUT2D eigenvalue weighted by molar-refractivity contribution is 7.89. The maximum Gasteiger partial charge on any atom is 0.217 e. The molecule has 1 aromatic rings. The summed E-state index contributed by atoms with van der Waals surface area (Å²) in [6, 6.07) is 6.76. The molecule has 3 aliphatic heterocycles. The van der Waals surface area contributed by atoms with Gasteiger partial charge in [-0.3, -0.25) is 4.90 Å². The molecule has 5 atom stereocenters. The molecule has 3 aliphatic rings. The number of halogens is 1. The van der Waals surface area contributed by atoms with Crippen molar-refractivity contribution in [2.24, 2.45) is 11.8 Å². The standard InChI is InChI=1S/C22H33ClN2O3S/c1-15(13-23)16(2)29(26,27)25-9-4-5-18-14-24-10-8-17-11-19(28-3)6-7-20(17)22(24)12-21(18)25/h6-7,11,15-16,18,21-22H,4-5,8-10,12-14H2,1-3H3/t15?,16?,18-,21+,22+/m1/s1. The lowest BCUT2D eigenvalue weighted by atomic mass is 9.77. The van der Waals surface area contributed by atoms with E-state index in [1.165, 1.54) is 11.1 Å². The van der Waals surface area contributed by atoms with Crippen LogP contribution in [0.15, 0.2) is 18.2 Å². The summed E-state index contributed by atoms with van der Waals surface area (Å²) in [6.45, 7) is 6.44. The zero-order valence-electron chi connectivity index (χ0n) is 17.7. The van der Waals surface area contributed by atoms with E-state index >= 15 is 0 Å². The molecule has 0 aliphatic carbocycles. The summed E-state index contributed by atoms with van der Waals surface area (Å²) >= 11 is 6.00. The second-order valence-corrected chi connectivity index (χ2v) is 11.6. The third-order valence-corrected chi connectivity index (χ3v) is 10.5. The molecular formula is C22H33ClN2O3S. The molecule has 1 aromatic carbocycles. The van der Waals surface area contributed by atoms with Crippen LogP contribution in [0.5, 0.6) is 5.75 Å². The van der Waals surface area contributed by atoms with Crippen molar-refractivity contribution in [2.75, 3.05) is 32.6 Å². The summed E-state index contributed by atoms with van der Waals surface area (Å²) in [6.07, 6.45) is 3.99. The van der Waals surface area contributed by atoms with Gasteiger partial charge in [0.15, 0.2) is 0 Å². The molecule has 3 heterocycles. The number of nitrogens with zero attached hydrogens (tertiary/aromatic N) is 2. The number of alkyl halides is 1. The van der Waals surface area contributed by atoms with Gasteiger partial charge in [0.25, 0.3) is 0 Å². The monoisotopic (exact) mass is 440 g/mol. The van der Waals surface area contributed by atoms with Gasteiger partial charge in [-0.1, -0.05) is 13.0 Å². The first-order chi connectivity index (χ1) is 13.9. The van der Waals surface area contributed by atoms with E-state index in [2.05, 4.69) is 17.0 Å². The van der Waals surface area contributed by atoms with E-state index in [4.69, 9.17) is 16.3 Å². The summed E-state index contributed by atoms with van der Waals surface area (Å²) in [7, 11) is -1.66. The van der Waals surface area contributed by atoms with Gasteiger partial charge in [0.1, 0.15) is 5.75 Å². The van der Waals surface area contributed by atoms with Crippen molar-refractivity contribution in [1.29, 1.82) is 0 Å². The van der Waals surface area contributed by atoms with Gasteiger partial charge in [-0.05, 0) is 67.7 Å². The number of sulfonamides is 1. The van der Waals surface area contributed by atoms with Crippen LogP contribution < -0.4 is 4.74 Å². The van der Waals surface area contributed by atoms with Crippen LogP contribution in [0.1, 0.15) is 50.3 Å². The summed E-state index contributed by atoms with van der Waals surface area (Å²) in [5.41, 5.74) is 2.69. The second-order valence-electron chi connectivity index (χ2n) is 9.02. The van der Waals surface area contributed by atoms with E-state index in [9.17, 15) is 8.42 Å². The zero-order chi connectivity index (χ0) is 20.8. The molecular weight excluding hydrogens is 408 g/mol. The minimum atomic E-state index is -3.36. The zero-order valence-corrected chi connectivity index (χ0v) is 19.3. The van der Waals surface area contributed by atoms with Crippen LogP contribution in [0.4, 0.5) is 0 Å². The summed E-state index contributed by atoms with van der Waals surface area (Å²) in [4.78, 5) is 2.58. The van der Waals surface area contributed by atoms with Gasteiger partial charge in [0, 0.05) is 37.6 Å². The van der Waals surface area contributed by atoms with Crippen molar-refractivity contribution in [3.8, 4) is 5.75 Å². The Bertz CT molecular complexity index is 846. The fourth-order valence-electron chi connectivity index (χ4n) is 5.47. The smallest absolute Gasteiger partial charge is 0.217 e. The molecule has 0 saturated carbocycles. The van der Waals surface area contributed by atoms with Crippen LogP contribution in [-0.2, 0) is 16.4 Å². The Hall–Kier alpha value is -0.820. The molecule has 0 bridgehead atoms. The van der Waals surface area contributed by atoms with Crippen molar-refractivity contribution in [3.63, 3.8) is 0 Å². The number of hydrogen-bond donors (Lipinski definition) is 0.